The third-order valence-corrected chi connectivity index (χ3v) is 6.75. The second-order valence-electron chi connectivity index (χ2n) is 8.82. The van der Waals surface area contributed by atoms with Gasteiger partial charge in [-0.3, -0.25) is 19.0 Å². The van der Waals surface area contributed by atoms with E-state index in [1.807, 2.05) is 42.5 Å². The third kappa shape index (κ3) is 3.50. The van der Waals surface area contributed by atoms with Gasteiger partial charge in [-0.1, -0.05) is 18.2 Å². The van der Waals surface area contributed by atoms with E-state index in [0.29, 0.717) is 30.2 Å². The maximum Gasteiger partial charge on any atom is 0.354 e. The van der Waals surface area contributed by atoms with Crippen LogP contribution in [0.4, 0.5) is 0 Å². The van der Waals surface area contributed by atoms with Gasteiger partial charge in [0.1, 0.15) is 11.5 Å². The SMILES string of the molecule is Cn1c(C(=O)O)cnc1CN1CCC(n2c(=O)n(-c3cnc4ccccc4c3)c3cccnc32)C1. The summed E-state index contributed by atoms with van der Waals surface area (Å²) in [4.78, 5) is 40.7. The number of aromatic carboxylic acids is 1. The summed E-state index contributed by atoms with van der Waals surface area (Å²) in [6.45, 7) is 1.92. The number of likely N-dealkylation sites (tertiary alicyclic amines) is 1. The minimum atomic E-state index is -1.00. The summed E-state index contributed by atoms with van der Waals surface area (Å²) >= 11 is 0. The Hall–Kier alpha value is -4.31. The Labute approximate surface area is 199 Å². The lowest BCUT2D eigenvalue weighted by molar-refractivity contribution is 0.0686. The first-order valence-corrected chi connectivity index (χ1v) is 11.4. The zero-order chi connectivity index (χ0) is 24.1. The number of nitrogens with zero attached hydrogens (tertiary/aromatic N) is 7. The molecule has 0 amide bonds. The molecule has 1 aliphatic rings. The van der Waals surface area contributed by atoms with Crippen molar-refractivity contribution < 1.29 is 9.90 Å². The summed E-state index contributed by atoms with van der Waals surface area (Å²) in [5, 5.41) is 10.3. The highest BCUT2D eigenvalue weighted by atomic mass is 16.4. The topological polar surface area (TPSA) is 111 Å². The van der Waals surface area contributed by atoms with Crippen LogP contribution in [0, 0.1) is 0 Å². The molecule has 1 atom stereocenters. The quantitative estimate of drug-likeness (QED) is 0.421. The maximum atomic E-state index is 13.8. The molecule has 1 saturated heterocycles. The Bertz CT molecular complexity index is 1650. The molecule has 176 valence electrons. The minimum absolute atomic E-state index is 0.0613. The highest BCUT2D eigenvalue weighted by molar-refractivity contribution is 5.85. The molecule has 0 aliphatic carbocycles. The Morgan fingerprint density at radius 3 is 2.80 bits per heavy atom. The Balaban J connectivity index is 1.36. The van der Waals surface area contributed by atoms with Gasteiger partial charge < -0.3 is 9.67 Å². The van der Waals surface area contributed by atoms with Crippen LogP contribution in [0.5, 0.6) is 0 Å². The number of pyridine rings is 2. The zero-order valence-electron chi connectivity index (χ0n) is 19.1. The smallest absolute Gasteiger partial charge is 0.354 e. The van der Waals surface area contributed by atoms with Crippen LogP contribution < -0.4 is 5.69 Å². The minimum Gasteiger partial charge on any atom is -0.477 e. The monoisotopic (exact) mass is 469 g/mol. The van der Waals surface area contributed by atoms with Crippen LogP contribution in [0.2, 0.25) is 0 Å². The van der Waals surface area contributed by atoms with Crippen molar-refractivity contribution in [2.75, 3.05) is 13.1 Å². The number of hydrogen-bond donors (Lipinski definition) is 1. The van der Waals surface area contributed by atoms with Crippen LogP contribution in [-0.2, 0) is 13.6 Å². The van der Waals surface area contributed by atoms with Crippen molar-refractivity contribution in [2.24, 2.45) is 7.05 Å². The molecule has 5 aromatic rings. The highest BCUT2D eigenvalue weighted by Crippen LogP contribution is 2.27. The summed E-state index contributed by atoms with van der Waals surface area (Å²) in [6.07, 6.45) is 5.59. The van der Waals surface area contributed by atoms with Gasteiger partial charge in [0, 0.05) is 31.7 Å². The molecule has 1 unspecified atom stereocenters. The van der Waals surface area contributed by atoms with Crippen LogP contribution in [0.1, 0.15) is 28.8 Å². The van der Waals surface area contributed by atoms with Gasteiger partial charge in [0.15, 0.2) is 5.65 Å². The van der Waals surface area contributed by atoms with Crippen LogP contribution in [0.3, 0.4) is 0 Å². The molecule has 1 aromatic carbocycles. The van der Waals surface area contributed by atoms with Gasteiger partial charge >= 0.3 is 11.7 Å². The normalized spacial score (nSPS) is 16.4. The van der Waals surface area contributed by atoms with Crippen molar-refractivity contribution in [2.45, 2.75) is 19.0 Å². The van der Waals surface area contributed by atoms with Crippen LogP contribution in [-0.4, -0.2) is 57.7 Å². The number of hydrogen-bond acceptors (Lipinski definition) is 6. The van der Waals surface area contributed by atoms with Crippen LogP contribution in [0.15, 0.2) is 65.8 Å². The molecule has 5 heterocycles. The zero-order valence-corrected chi connectivity index (χ0v) is 19.1. The number of carboxylic acids is 1. The van der Waals surface area contributed by atoms with Crippen LogP contribution in [0.25, 0.3) is 27.8 Å². The fourth-order valence-corrected chi connectivity index (χ4v) is 4.97. The number of benzene rings is 1. The maximum absolute atomic E-state index is 13.8. The molecule has 1 aliphatic heterocycles. The third-order valence-electron chi connectivity index (χ3n) is 6.75. The lowest BCUT2D eigenvalue weighted by atomic mass is 10.2. The number of carboxylic acid groups (broad SMARTS) is 1. The first-order valence-electron chi connectivity index (χ1n) is 11.4. The lowest BCUT2D eigenvalue weighted by Crippen LogP contribution is -2.29. The summed E-state index contributed by atoms with van der Waals surface area (Å²) in [7, 11) is 1.71. The first-order chi connectivity index (χ1) is 17.0. The standard InChI is InChI=1S/C25H23N7O3/c1-29-21(24(33)34)13-28-22(29)15-30-10-8-17(14-30)32-23-20(7-4-9-26-23)31(25(32)35)18-11-16-5-2-3-6-19(16)27-12-18/h2-7,9,11-13,17H,8,10,14-15H2,1H3,(H,33,34). The van der Waals surface area contributed by atoms with E-state index in [2.05, 4.69) is 19.9 Å². The van der Waals surface area contributed by atoms with E-state index in [4.69, 9.17) is 0 Å². The average molecular weight is 470 g/mol. The van der Waals surface area contributed by atoms with E-state index in [9.17, 15) is 14.7 Å². The Kier molecular flexibility index (Phi) is 4.96. The fraction of sp³-hybridized carbons (Fsp3) is 0.240. The molecule has 0 spiro atoms. The van der Waals surface area contributed by atoms with E-state index in [1.165, 1.54) is 6.20 Å². The fourth-order valence-electron chi connectivity index (χ4n) is 4.97. The van der Waals surface area contributed by atoms with Gasteiger partial charge in [-0.25, -0.2) is 19.6 Å². The predicted octanol–water partition coefficient (Wildman–Crippen LogP) is 2.61. The van der Waals surface area contributed by atoms with Crippen LogP contribution >= 0.6 is 0 Å². The molecular formula is C25H23N7O3. The van der Waals surface area contributed by atoms with E-state index >= 15 is 0 Å². The van der Waals surface area contributed by atoms with E-state index in [-0.39, 0.29) is 17.4 Å². The molecule has 10 nitrogen and oxygen atoms in total. The van der Waals surface area contributed by atoms with Gasteiger partial charge in [0.25, 0.3) is 0 Å². The number of imidazole rings is 2. The van der Waals surface area contributed by atoms with Gasteiger partial charge in [-0.05, 0) is 30.7 Å². The number of carbonyl (C=O) groups is 1. The molecule has 35 heavy (non-hydrogen) atoms. The van der Waals surface area contributed by atoms with E-state index in [0.717, 1.165) is 29.4 Å². The highest BCUT2D eigenvalue weighted by Gasteiger charge is 2.30. The Morgan fingerprint density at radius 1 is 1.11 bits per heavy atom. The predicted molar refractivity (Wildman–Crippen MR) is 130 cm³/mol. The number of para-hydroxylation sites is 1. The summed E-state index contributed by atoms with van der Waals surface area (Å²) in [5.74, 6) is -0.322. The van der Waals surface area contributed by atoms with Crippen molar-refractivity contribution in [3.8, 4) is 5.69 Å². The second kappa shape index (κ2) is 8.17. The van der Waals surface area contributed by atoms with Gasteiger partial charge in [0.2, 0.25) is 0 Å². The molecule has 0 saturated carbocycles. The van der Waals surface area contributed by atoms with Crippen molar-refractivity contribution in [3.05, 3.63) is 83.1 Å². The largest absolute Gasteiger partial charge is 0.477 e. The number of fused-ring (bicyclic) bond motifs is 2. The molecule has 10 heteroatoms. The molecule has 6 rings (SSSR count). The number of rotatable bonds is 5. The van der Waals surface area contributed by atoms with Gasteiger partial charge in [-0.15, -0.1) is 0 Å². The summed E-state index contributed by atoms with van der Waals surface area (Å²) < 4.78 is 5.07. The van der Waals surface area contributed by atoms with E-state index < -0.39 is 5.97 Å². The van der Waals surface area contributed by atoms with Crippen molar-refractivity contribution >= 4 is 28.0 Å². The summed E-state index contributed by atoms with van der Waals surface area (Å²) in [6, 6.07) is 13.5. The second-order valence-corrected chi connectivity index (χ2v) is 8.82. The molecular weight excluding hydrogens is 446 g/mol. The summed E-state index contributed by atoms with van der Waals surface area (Å²) in [5.41, 5.74) is 2.97. The van der Waals surface area contributed by atoms with Gasteiger partial charge in [-0.2, -0.15) is 0 Å². The van der Waals surface area contributed by atoms with Crippen molar-refractivity contribution in [1.29, 1.82) is 0 Å². The molecule has 0 bridgehead atoms. The lowest BCUT2D eigenvalue weighted by Gasteiger charge is -2.16. The number of aromatic nitrogens is 6. The van der Waals surface area contributed by atoms with Crippen molar-refractivity contribution in [1.82, 2.24) is 33.6 Å². The Morgan fingerprint density at radius 2 is 1.97 bits per heavy atom. The molecule has 0 radical (unpaired) electrons. The molecule has 1 fully saturated rings. The molecule has 1 N–H and O–H groups in total. The first kappa shape index (κ1) is 21.2. The molecule has 4 aromatic heterocycles. The van der Waals surface area contributed by atoms with Crippen molar-refractivity contribution in [3.63, 3.8) is 0 Å². The van der Waals surface area contributed by atoms with Gasteiger partial charge in [0.05, 0.1) is 41.7 Å². The van der Waals surface area contributed by atoms with E-state index in [1.54, 1.807) is 33.1 Å². The average Bonchev–Trinajstić information content (AvgIpc) is 3.54.